The van der Waals surface area contributed by atoms with Crippen LogP contribution in [0.5, 0.6) is 11.5 Å². The molecule has 41 heavy (non-hydrogen) atoms. The average Bonchev–Trinajstić information content (AvgIpc) is 3.16. The highest BCUT2D eigenvalue weighted by molar-refractivity contribution is 6.30. The first-order chi connectivity index (χ1) is 19.3. The molecule has 4 aromatic rings. The monoisotopic (exact) mass is 587 g/mol. The Morgan fingerprint density at radius 1 is 0.951 bits per heavy atom. The molecule has 1 atom stereocenters. The molecule has 0 fully saturated rings. The van der Waals surface area contributed by atoms with E-state index in [1.54, 1.807) is 60.9 Å². The Labute approximate surface area is 240 Å². The average molecular weight is 588 g/mol. The van der Waals surface area contributed by atoms with Crippen LogP contribution >= 0.6 is 11.6 Å². The number of fused-ring (bicyclic) bond motifs is 1. The predicted octanol–water partition coefficient (Wildman–Crippen LogP) is 7.75. The minimum atomic E-state index is -4.87. The smallest absolute Gasteiger partial charge is 0.479 e. The molecule has 3 aromatic carbocycles. The summed E-state index contributed by atoms with van der Waals surface area (Å²) >= 11 is 5.99. The summed E-state index contributed by atoms with van der Waals surface area (Å²) in [5.41, 5.74) is 2.42. The maximum atomic E-state index is 13.6. The normalized spacial score (nSPS) is 12.4. The van der Waals surface area contributed by atoms with Crippen LogP contribution in [0.4, 0.5) is 13.2 Å². The van der Waals surface area contributed by atoms with Gasteiger partial charge >= 0.3 is 12.3 Å². The number of ketones is 1. The van der Waals surface area contributed by atoms with Crippen LogP contribution in [0, 0.1) is 12.8 Å². The Bertz CT molecular complexity index is 1560. The summed E-state index contributed by atoms with van der Waals surface area (Å²) in [7, 11) is 0. The van der Waals surface area contributed by atoms with Crippen molar-refractivity contribution in [2.75, 3.05) is 6.61 Å². The van der Waals surface area contributed by atoms with Crippen molar-refractivity contribution in [2.45, 2.75) is 46.7 Å². The van der Waals surface area contributed by atoms with Crippen LogP contribution in [0.25, 0.3) is 10.9 Å². The number of carbonyl (C=O) groups is 2. The first kappa shape index (κ1) is 30.0. The largest absolute Gasteiger partial charge is 0.573 e. The SMILES string of the molecule is Cc1c(C(=O)c2ccc(Cl)cc2)c2ccc(OC(F)(F)F)cc2n1Cc1cccc(O[C@@H](C)C(=O)OCC(C)C)c1. The van der Waals surface area contributed by atoms with Gasteiger partial charge in [0.2, 0.25) is 0 Å². The van der Waals surface area contributed by atoms with E-state index >= 15 is 0 Å². The lowest BCUT2D eigenvalue weighted by atomic mass is 10.0. The first-order valence-corrected chi connectivity index (χ1v) is 13.3. The molecule has 1 heterocycles. The zero-order valence-corrected chi connectivity index (χ0v) is 23.7. The van der Waals surface area contributed by atoms with E-state index in [1.165, 1.54) is 18.2 Å². The molecule has 0 saturated carbocycles. The molecule has 0 bridgehead atoms. The number of alkyl halides is 3. The second-order valence-corrected chi connectivity index (χ2v) is 10.5. The number of benzene rings is 3. The summed E-state index contributed by atoms with van der Waals surface area (Å²) < 4.78 is 56.0. The van der Waals surface area contributed by atoms with Gasteiger partial charge in [0.1, 0.15) is 11.5 Å². The quantitative estimate of drug-likeness (QED) is 0.140. The Kier molecular flexibility index (Phi) is 8.97. The summed E-state index contributed by atoms with van der Waals surface area (Å²) in [5, 5.41) is 0.949. The third kappa shape index (κ3) is 7.41. The van der Waals surface area contributed by atoms with E-state index in [4.69, 9.17) is 21.1 Å². The highest BCUT2D eigenvalue weighted by Gasteiger charge is 2.32. The number of hydrogen-bond acceptors (Lipinski definition) is 5. The van der Waals surface area contributed by atoms with E-state index < -0.39 is 24.2 Å². The molecule has 0 aliphatic carbocycles. The highest BCUT2D eigenvalue weighted by atomic mass is 35.5. The molecule has 0 radical (unpaired) electrons. The van der Waals surface area contributed by atoms with Gasteiger partial charge in [0.05, 0.1) is 17.7 Å². The van der Waals surface area contributed by atoms with Gasteiger partial charge in [-0.3, -0.25) is 4.79 Å². The van der Waals surface area contributed by atoms with E-state index in [2.05, 4.69) is 4.74 Å². The number of esters is 1. The second-order valence-electron chi connectivity index (χ2n) is 10.0. The number of aromatic nitrogens is 1. The van der Waals surface area contributed by atoms with Gasteiger partial charge in [-0.25, -0.2) is 4.79 Å². The van der Waals surface area contributed by atoms with Crippen LogP contribution in [0.2, 0.25) is 5.02 Å². The van der Waals surface area contributed by atoms with Crippen LogP contribution < -0.4 is 9.47 Å². The summed E-state index contributed by atoms with van der Waals surface area (Å²) in [5.74, 6) is -0.575. The van der Waals surface area contributed by atoms with Crippen molar-refractivity contribution < 1.29 is 37.0 Å². The minimum Gasteiger partial charge on any atom is -0.479 e. The number of nitrogens with zero attached hydrogens (tertiary/aromatic N) is 1. The van der Waals surface area contributed by atoms with Gasteiger partial charge < -0.3 is 18.8 Å². The van der Waals surface area contributed by atoms with Gasteiger partial charge in [-0.15, -0.1) is 13.2 Å². The number of halogens is 4. The number of hydrogen-bond donors (Lipinski definition) is 0. The molecule has 0 N–H and O–H groups in total. The van der Waals surface area contributed by atoms with Crippen molar-refractivity contribution in [1.82, 2.24) is 4.57 Å². The van der Waals surface area contributed by atoms with Gasteiger partial charge in [-0.05, 0) is 73.9 Å². The predicted molar refractivity (Wildman–Crippen MR) is 150 cm³/mol. The number of carbonyl (C=O) groups excluding carboxylic acids is 2. The summed E-state index contributed by atoms with van der Waals surface area (Å²) in [6.45, 7) is 7.68. The fourth-order valence-corrected chi connectivity index (χ4v) is 4.53. The van der Waals surface area contributed by atoms with Crippen molar-refractivity contribution in [3.8, 4) is 11.5 Å². The molecule has 0 aliphatic rings. The molecule has 0 aliphatic heterocycles. The van der Waals surface area contributed by atoms with E-state index in [-0.39, 0.29) is 24.9 Å². The Morgan fingerprint density at radius 2 is 1.66 bits per heavy atom. The van der Waals surface area contributed by atoms with Gasteiger partial charge in [-0.2, -0.15) is 0 Å². The molecular weight excluding hydrogens is 559 g/mol. The van der Waals surface area contributed by atoms with Crippen LogP contribution in [0.15, 0.2) is 66.7 Å². The highest BCUT2D eigenvalue weighted by Crippen LogP contribution is 2.34. The molecule has 10 heteroatoms. The Hall–Kier alpha value is -3.98. The zero-order valence-electron chi connectivity index (χ0n) is 22.9. The van der Waals surface area contributed by atoms with Gasteiger partial charge in [0, 0.05) is 34.3 Å². The van der Waals surface area contributed by atoms with Gasteiger partial charge in [-0.1, -0.05) is 37.6 Å². The van der Waals surface area contributed by atoms with Gasteiger partial charge in [0.15, 0.2) is 11.9 Å². The lowest BCUT2D eigenvalue weighted by Gasteiger charge is -2.16. The van der Waals surface area contributed by atoms with E-state index in [0.29, 0.717) is 38.5 Å². The first-order valence-electron chi connectivity index (χ1n) is 12.9. The standard InChI is InChI=1S/C31H29ClF3NO5/c1-18(2)17-39-30(38)20(4)40-24-7-5-6-21(14-24)16-36-19(3)28(29(37)22-8-10-23(32)11-9-22)26-13-12-25(15-27(26)36)41-31(33,34)35/h5-15,18,20H,16-17H2,1-4H3/t20-/m0/s1. The summed E-state index contributed by atoms with van der Waals surface area (Å²) in [6.07, 6.45) is -5.72. The van der Waals surface area contributed by atoms with Crippen molar-refractivity contribution >= 4 is 34.3 Å². The molecular formula is C31H29ClF3NO5. The zero-order chi connectivity index (χ0) is 29.9. The maximum Gasteiger partial charge on any atom is 0.573 e. The fraction of sp³-hybridized carbons (Fsp3) is 0.290. The third-order valence-corrected chi connectivity index (χ3v) is 6.56. The van der Waals surface area contributed by atoms with Crippen LogP contribution in [0.3, 0.4) is 0 Å². The topological polar surface area (TPSA) is 66.8 Å². The Morgan fingerprint density at radius 3 is 2.32 bits per heavy atom. The van der Waals surface area contributed by atoms with Crippen molar-refractivity contribution in [1.29, 1.82) is 0 Å². The lowest BCUT2D eigenvalue weighted by Crippen LogP contribution is -2.27. The Balaban J connectivity index is 1.71. The van der Waals surface area contributed by atoms with Crippen molar-refractivity contribution in [3.63, 3.8) is 0 Å². The lowest BCUT2D eigenvalue weighted by molar-refractivity contribution is -0.274. The molecule has 0 unspecified atom stereocenters. The molecule has 0 amide bonds. The molecule has 0 spiro atoms. The molecule has 0 saturated heterocycles. The summed E-state index contributed by atoms with van der Waals surface area (Å²) in [6, 6.07) is 17.3. The second kappa shape index (κ2) is 12.3. The number of ether oxygens (including phenoxy) is 3. The maximum absolute atomic E-state index is 13.6. The number of rotatable bonds is 10. The van der Waals surface area contributed by atoms with Gasteiger partial charge in [0.25, 0.3) is 0 Å². The van der Waals surface area contributed by atoms with Crippen LogP contribution in [-0.2, 0) is 16.1 Å². The van der Waals surface area contributed by atoms with E-state index in [0.717, 1.165) is 5.56 Å². The third-order valence-electron chi connectivity index (χ3n) is 6.31. The molecule has 216 valence electrons. The molecule has 4 rings (SSSR count). The van der Waals surface area contributed by atoms with Crippen molar-refractivity contribution in [2.24, 2.45) is 5.92 Å². The molecule has 6 nitrogen and oxygen atoms in total. The minimum absolute atomic E-state index is 0.188. The van der Waals surface area contributed by atoms with E-state index in [9.17, 15) is 22.8 Å². The van der Waals surface area contributed by atoms with Crippen molar-refractivity contribution in [3.05, 3.63) is 94.1 Å². The van der Waals surface area contributed by atoms with Crippen LogP contribution in [-0.4, -0.2) is 35.4 Å². The molecule has 1 aromatic heterocycles. The summed E-state index contributed by atoms with van der Waals surface area (Å²) in [4.78, 5) is 25.8. The van der Waals surface area contributed by atoms with Crippen LogP contribution in [0.1, 0.15) is 48.0 Å². The van der Waals surface area contributed by atoms with E-state index in [1.807, 2.05) is 19.9 Å². The fourth-order valence-electron chi connectivity index (χ4n) is 4.41.